The second kappa shape index (κ2) is 7.67. The molecule has 112 valence electrons. The van der Waals surface area contributed by atoms with Crippen LogP contribution in [0.5, 0.6) is 0 Å². The Morgan fingerprint density at radius 3 is 2.85 bits per heavy atom. The van der Waals surface area contributed by atoms with E-state index in [4.69, 9.17) is 9.47 Å². The van der Waals surface area contributed by atoms with Gasteiger partial charge in [0.15, 0.2) is 11.6 Å². The number of hydrogen-bond acceptors (Lipinski definition) is 3. The fourth-order valence-electron chi connectivity index (χ4n) is 2.41. The summed E-state index contributed by atoms with van der Waals surface area (Å²) in [5.74, 6) is -1.67. The van der Waals surface area contributed by atoms with Crippen LogP contribution in [0, 0.1) is 11.6 Å². The van der Waals surface area contributed by atoms with Crippen LogP contribution in [0.15, 0.2) is 18.2 Å². The van der Waals surface area contributed by atoms with Gasteiger partial charge in [-0.15, -0.1) is 0 Å². The van der Waals surface area contributed by atoms with Crippen molar-refractivity contribution in [1.82, 2.24) is 5.32 Å². The molecule has 0 radical (unpaired) electrons. The van der Waals surface area contributed by atoms with Crippen LogP contribution in [0.2, 0.25) is 0 Å². The molecule has 2 unspecified atom stereocenters. The van der Waals surface area contributed by atoms with E-state index in [1.165, 1.54) is 12.5 Å². The lowest BCUT2D eigenvalue weighted by atomic mass is 10.1. The molecule has 1 aliphatic heterocycles. The molecular weight excluding hydrogens is 264 g/mol. The summed E-state index contributed by atoms with van der Waals surface area (Å²) in [5, 5.41) is 3.31. The topological polar surface area (TPSA) is 30.5 Å². The highest BCUT2D eigenvalue weighted by Crippen LogP contribution is 2.18. The molecule has 2 rings (SSSR count). The van der Waals surface area contributed by atoms with Gasteiger partial charge in [-0.1, -0.05) is 6.07 Å². The van der Waals surface area contributed by atoms with Crippen LogP contribution in [-0.2, 0) is 9.47 Å². The summed E-state index contributed by atoms with van der Waals surface area (Å²) in [4.78, 5) is 0. The Labute approximate surface area is 118 Å². The third-order valence-electron chi connectivity index (χ3n) is 3.55. The van der Waals surface area contributed by atoms with E-state index in [9.17, 15) is 8.78 Å². The fraction of sp³-hybridized carbons (Fsp3) is 0.600. The summed E-state index contributed by atoms with van der Waals surface area (Å²) in [5.41, 5.74) is 0.682. The van der Waals surface area contributed by atoms with Crippen molar-refractivity contribution >= 4 is 0 Å². The molecule has 2 atom stereocenters. The third-order valence-corrected chi connectivity index (χ3v) is 3.55. The van der Waals surface area contributed by atoms with Crippen molar-refractivity contribution in [2.24, 2.45) is 0 Å². The molecule has 0 aromatic heterocycles. The predicted molar refractivity (Wildman–Crippen MR) is 72.6 cm³/mol. The first-order chi connectivity index (χ1) is 9.70. The standard InChI is InChI=1S/C15H21F2NO2/c1-19-10-15(11-5-6-13(16)14(17)8-11)18-9-12-4-2-3-7-20-12/h5-6,8,12,15,18H,2-4,7,9-10H2,1H3. The summed E-state index contributed by atoms with van der Waals surface area (Å²) in [7, 11) is 1.59. The predicted octanol–water partition coefficient (Wildman–Crippen LogP) is 2.81. The Kier molecular flexibility index (Phi) is 5.88. The maximum absolute atomic E-state index is 13.3. The quantitative estimate of drug-likeness (QED) is 0.872. The van der Waals surface area contributed by atoms with Crippen LogP contribution < -0.4 is 5.32 Å². The molecule has 5 heteroatoms. The van der Waals surface area contributed by atoms with Gasteiger partial charge in [0.05, 0.1) is 18.8 Å². The molecular formula is C15H21F2NO2. The van der Waals surface area contributed by atoms with Gasteiger partial charge >= 0.3 is 0 Å². The zero-order valence-corrected chi connectivity index (χ0v) is 11.7. The maximum atomic E-state index is 13.3. The molecule has 0 saturated carbocycles. The van der Waals surface area contributed by atoms with E-state index in [0.717, 1.165) is 25.5 Å². The van der Waals surface area contributed by atoms with Gasteiger partial charge in [0.2, 0.25) is 0 Å². The summed E-state index contributed by atoms with van der Waals surface area (Å²) in [6.07, 6.45) is 3.51. The van der Waals surface area contributed by atoms with Gasteiger partial charge in [-0.25, -0.2) is 8.78 Å². The van der Waals surface area contributed by atoms with Gasteiger partial charge < -0.3 is 14.8 Å². The normalized spacial score (nSPS) is 20.9. The fourth-order valence-corrected chi connectivity index (χ4v) is 2.41. The minimum absolute atomic E-state index is 0.166. The molecule has 0 bridgehead atoms. The van der Waals surface area contributed by atoms with Crippen molar-refractivity contribution in [3.05, 3.63) is 35.4 Å². The van der Waals surface area contributed by atoms with E-state index >= 15 is 0 Å². The third kappa shape index (κ3) is 4.23. The number of halogens is 2. The zero-order valence-electron chi connectivity index (χ0n) is 11.7. The highest BCUT2D eigenvalue weighted by atomic mass is 19.2. The Morgan fingerprint density at radius 2 is 2.20 bits per heavy atom. The minimum Gasteiger partial charge on any atom is -0.383 e. The van der Waals surface area contributed by atoms with Crippen LogP contribution in [0.1, 0.15) is 30.9 Å². The minimum atomic E-state index is -0.834. The van der Waals surface area contributed by atoms with Gasteiger partial charge in [0.25, 0.3) is 0 Å². The summed E-state index contributed by atoms with van der Waals surface area (Å²) < 4.78 is 37.1. The average Bonchev–Trinajstić information content (AvgIpc) is 2.47. The Hall–Kier alpha value is -1.04. The lowest BCUT2D eigenvalue weighted by Gasteiger charge is -2.26. The molecule has 0 amide bonds. The van der Waals surface area contributed by atoms with Crippen molar-refractivity contribution < 1.29 is 18.3 Å². The highest BCUT2D eigenvalue weighted by molar-refractivity contribution is 5.21. The number of methoxy groups -OCH3 is 1. The van der Waals surface area contributed by atoms with Crippen LogP contribution in [0.4, 0.5) is 8.78 Å². The smallest absolute Gasteiger partial charge is 0.159 e. The van der Waals surface area contributed by atoms with E-state index in [1.54, 1.807) is 13.2 Å². The molecule has 1 N–H and O–H groups in total. The van der Waals surface area contributed by atoms with E-state index in [0.29, 0.717) is 18.7 Å². The van der Waals surface area contributed by atoms with E-state index in [2.05, 4.69) is 5.32 Å². The second-order valence-corrected chi connectivity index (χ2v) is 5.08. The summed E-state index contributed by atoms with van der Waals surface area (Å²) >= 11 is 0. The van der Waals surface area contributed by atoms with Crippen LogP contribution in [0.3, 0.4) is 0 Å². The first-order valence-electron chi connectivity index (χ1n) is 6.99. The largest absolute Gasteiger partial charge is 0.383 e. The Bertz CT molecular complexity index is 422. The SMILES string of the molecule is COCC(NCC1CCCCO1)c1ccc(F)c(F)c1. The van der Waals surface area contributed by atoms with Gasteiger partial charge in [-0.3, -0.25) is 0 Å². The molecule has 0 aliphatic carbocycles. The molecule has 20 heavy (non-hydrogen) atoms. The molecule has 3 nitrogen and oxygen atoms in total. The first-order valence-corrected chi connectivity index (χ1v) is 6.99. The van der Waals surface area contributed by atoms with Crippen molar-refractivity contribution in [3.63, 3.8) is 0 Å². The van der Waals surface area contributed by atoms with Crippen molar-refractivity contribution in [1.29, 1.82) is 0 Å². The highest BCUT2D eigenvalue weighted by Gasteiger charge is 2.18. The summed E-state index contributed by atoms with van der Waals surface area (Å²) in [6, 6.07) is 3.78. The molecule has 1 heterocycles. The Morgan fingerprint density at radius 1 is 1.35 bits per heavy atom. The number of hydrogen-bond donors (Lipinski definition) is 1. The van der Waals surface area contributed by atoms with Gasteiger partial charge in [-0.05, 0) is 37.0 Å². The average molecular weight is 285 g/mol. The maximum Gasteiger partial charge on any atom is 0.159 e. The molecule has 1 aromatic carbocycles. The molecule has 1 aromatic rings. The summed E-state index contributed by atoms with van der Waals surface area (Å²) in [6.45, 7) is 1.89. The lowest BCUT2D eigenvalue weighted by Crippen LogP contribution is -2.35. The lowest BCUT2D eigenvalue weighted by molar-refractivity contribution is 0.0134. The number of benzene rings is 1. The first kappa shape index (κ1) is 15.4. The molecule has 1 saturated heterocycles. The molecule has 1 aliphatic rings. The van der Waals surface area contributed by atoms with Crippen LogP contribution in [-0.4, -0.2) is 33.0 Å². The number of nitrogens with one attached hydrogen (secondary N) is 1. The number of rotatable bonds is 6. The zero-order chi connectivity index (χ0) is 14.4. The van der Waals surface area contributed by atoms with Crippen molar-refractivity contribution in [3.8, 4) is 0 Å². The van der Waals surface area contributed by atoms with E-state index in [-0.39, 0.29) is 12.1 Å². The molecule has 1 fully saturated rings. The van der Waals surface area contributed by atoms with Gasteiger partial charge in [-0.2, -0.15) is 0 Å². The second-order valence-electron chi connectivity index (χ2n) is 5.08. The van der Waals surface area contributed by atoms with Crippen LogP contribution >= 0.6 is 0 Å². The number of ether oxygens (including phenoxy) is 2. The molecule has 0 spiro atoms. The van der Waals surface area contributed by atoms with Crippen LogP contribution in [0.25, 0.3) is 0 Å². The van der Waals surface area contributed by atoms with E-state index in [1.807, 2.05) is 0 Å². The van der Waals surface area contributed by atoms with Crippen molar-refractivity contribution in [2.45, 2.75) is 31.4 Å². The van der Waals surface area contributed by atoms with Gasteiger partial charge in [0, 0.05) is 20.3 Å². The van der Waals surface area contributed by atoms with E-state index < -0.39 is 11.6 Å². The van der Waals surface area contributed by atoms with Gasteiger partial charge in [0.1, 0.15) is 0 Å². The van der Waals surface area contributed by atoms with Crippen molar-refractivity contribution in [2.75, 3.05) is 26.9 Å². The monoisotopic (exact) mass is 285 g/mol. The Balaban J connectivity index is 1.96.